The van der Waals surface area contributed by atoms with E-state index < -0.39 is 4.92 Å². The van der Waals surface area contributed by atoms with E-state index in [4.69, 9.17) is 11.6 Å². The number of nitrogens with one attached hydrogen (secondary N) is 1. The SMILES string of the molecule is CN(C)c1ccc(CNC(=O)c2ccc(Cl)c([N+](=O)[O-])c2)cc1. The molecule has 6 nitrogen and oxygen atoms in total. The third-order valence-electron chi connectivity index (χ3n) is 3.31. The van der Waals surface area contributed by atoms with Crippen molar-refractivity contribution < 1.29 is 9.72 Å². The summed E-state index contributed by atoms with van der Waals surface area (Å²) in [5.41, 5.74) is 1.92. The van der Waals surface area contributed by atoms with Crippen LogP contribution in [0.15, 0.2) is 42.5 Å². The van der Waals surface area contributed by atoms with Gasteiger partial charge in [-0.1, -0.05) is 23.7 Å². The van der Waals surface area contributed by atoms with Gasteiger partial charge in [-0.05, 0) is 29.8 Å². The zero-order valence-electron chi connectivity index (χ0n) is 12.7. The number of amides is 1. The van der Waals surface area contributed by atoms with Crippen molar-refractivity contribution in [2.45, 2.75) is 6.54 Å². The number of halogens is 1. The van der Waals surface area contributed by atoms with Crippen molar-refractivity contribution in [2.75, 3.05) is 19.0 Å². The summed E-state index contributed by atoms with van der Waals surface area (Å²) >= 11 is 5.73. The van der Waals surface area contributed by atoms with Gasteiger partial charge >= 0.3 is 0 Å². The van der Waals surface area contributed by atoms with Gasteiger partial charge in [-0.25, -0.2) is 0 Å². The molecule has 23 heavy (non-hydrogen) atoms. The second kappa shape index (κ2) is 7.11. The van der Waals surface area contributed by atoms with Gasteiger partial charge in [-0.15, -0.1) is 0 Å². The molecule has 0 saturated carbocycles. The maximum absolute atomic E-state index is 12.1. The molecule has 2 aromatic rings. The molecule has 0 spiro atoms. The molecule has 7 heteroatoms. The van der Waals surface area contributed by atoms with Crippen LogP contribution in [0.5, 0.6) is 0 Å². The van der Waals surface area contributed by atoms with Crippen LogP contribution in [0, 0.1) is 10.1 Å². The van der Waals surface area contributed by atoms with Gasteiger partial charge in [0.2, 0.25) is 0 Å². The summed E-state index contributed by atoms with van der Waals surface area (Å²) in [6.07, 6.45) is 0. The molecule has 0 atom stereocenters. The van der Waals surface area contributed by atoms with Crippen molar-refractivity contribution in [3.8, 4) is 0 Å². The molecular formula is C16H16ClN3O3. The standard InChI is InChI=1S/C16H16ClN3O3/c1-19(2)13-6-3-11(4-7-13)10-18-16(21)12-5-8-14(17)15(9-12)20(22)23/h3-9H,10H2,1-2H3,(H,18,21). The Morgan fingerprint density at radius 2 is 1.87 bits per heavy atom. The van der Waals surface area contributed by atoms with Gasteiger partial charge in [-0.2, -0.15) is 0 Å². The van der Waals surface area contributed by atoms with Crippen molar-refractivity contribution in [3.05, 3.63) is 68.7 Å². The number of rotatable bonds is 5. The fraction of sp³-hybridized carbons (Fsp3) is 0.188. The summed E-state index contributed by atoms with van der Waals surface area (Å²) in [5, 5.41) is 13.6. The van der Waals surface area contributed by atoms with Crippen LogP contribution in [0.3, 0.4) is 0 Å². The van der Waals surface area contributed by atoms with Crippen LogP contribution >= 0.6 is 11.6 Å². The molecule has 0 aromatic heterocycles. The van der Waals surface area contributed by atoms with Crippen LogP contribution < -0.4 is 10.2 Å². The fourth-order valence-electron chi connectivity index (χ4n) is 1.99. The Kier molecular flexibility index (Phi) is 5.18. The summed E-state index contributed by atoms with van der Waals surface area (Å²) in [6, 6.07) is 11.7. The van der Waals surface area contributed by atoms with Crippen molar-refractivity contribution in [1.82, 2.24) is 5.32 Å². The number of carbonyl (C=O) groups is 1. The Morgan fingerprint density at radius 1 is 1.22 bits per heavy atom. The minimum absolute atomic E-state index is 0.00539. The van der Waals surface area contributed by atoms with E-state index in [0.717, 1.165) is 11.3 Å². The molecule has 1 amide bonds. The smallest absolute Gasteiger partial charge is 0.288 e. The highest BCUT2D eigenvalue weighted by Crippen LogP contribution is 2.25. The van der Waals surface area contributed by atoms with Gasteiger partial charge in [0, 0.05) is 38.0 Å². The summed E-state index contributed by atoms with van der Waals surface area (Å²) in [7, 11) is 3.90. The third-order valence-corrected chi connectivity index (χ3v) is 3.63. The largest absolute Gasteiger partial charge is 0.378 e. The minimum Gasteiger partial charge on any atom is -0.378 e. The molecule has 0 aliphatic heterocycles. The molecule has 0 unspecified atom stereocenters. The lowest BCUT2D eigenvalue weighted by Gasteiger charge is -2.13. The fourth-order valence-corrected chi connectivity index (χ4v) is 2.18. The molecule has 0 aliphatic rings. The van der Waals surface area contributed by atoms with Crippen LogP contribution in [0.25, 0.3) is 0 Å². The van der Waals surface area contributed by atoms with Crippen molar-refractivity contribution in [3.63, 3.8) is 0 Å². The lowest BCUT2D eigenvalue weighted by molar-refractivity contribution is -0.384. The molecule has 1 N–H and O–H groups in total. The van der Waals surface area contributed by atoms with E-state index >= 15 is 0 Å². The number of anilines is 1. The molecular weight excluding hydrogens is 318 g/mol. The van der Waals surface area contributed by atoms with Crippen molar-refractivity contribution in [2.24, 2.45) is 0 Å². The number of hydrogen-bond donors (Lipinski definition) is 1. The second-order valence-electron chi connectivity index (χ2n) is 5.17. The molecule has 2 rings (SSSR count). The summed E-state index contributed by atoms with van der Waals surface area (Å²) in [4.78, 5) is 24.3. The minimum atomic E-state index is -0.612. The van der Waals surface area contributed by atoms with Gasteiger partial charge in [0.25, 0.3) is 11.6 Å². The van der Waals surface area contributed by atoms with Crippen molar-refractivity contribution >= 4 is 28.9 Å². The Balaban J connectivity index is 2.05. The topological polar surface area (TPSA) is 75.5 Å². The summed E-state index contributed by atoms with van der Waals surface area (Å²) in [6.45, 7) is 0.336. The van der Waals surface area contributed by atoms with E-state index in [2.05, 4.69) is 5.32 Å². The first-order valence-electron chi connectivity index (χ1n) is 6.87. The number of benzene rings is 2. The molecule has 0 aliphatic carbocycles. The Bertz CT molecular complexity index is 730. The van der Waals surface area contributed by atoms with E-state index in [1.165, 1.54) is 18.2 Å². The third kappa shape index (κ3) is 4.20. The first kappa shape index (κ1) is 16.8. The Hall–Kier alpha value is -2.60. The van der Waals surface area contributed by atoms with E-state index in [1.807, 2.05) is 43.3 Å². The highest BCUT2D eigenvalue weighted by atomic mass is 35.5. The molecule has 0 radical (unpaired) electrons. The monoisotopic (exact) mass is 333 g/mol. The van der Waals surface area contributed by atoms with Gasteiger partial charge in [0.15, 0.2) is 0 Å². The van der Waals surface area contributed by atoms with Crippen LogP contribution in [0.1, 0.15) is 15.9 Å². The number of nitro benzene ring substituents is 1. The highest BCUT2D eigenvalue weighted by molar-refractivity contribution is 6.32. The molecule has 0 saturated heterocycles. The van der Waals surface area contributed by atoms with Crippen LogP contribution in [0.2, 0.25) is 5.02 Å². The zero-order valence-corrected chi connectivity index (χ0v) is 13.5. The Morgan fingerprint density at radius 3 is 2.43 bits per heavy atom. The first-order valence-corrected chi connectivity index (χ1v) is 7.24. The van der Waals surface area contributed by atoms with Crippen LogP contribution in [0.4, 0.5) is 11.4 Å². The lowest BCUT2D eigenvalue weighted by Crippen LogP contribution is -2.22. The maximum Gasteiger partial charge on any atom is 0.288 e. The van der Waals surface area contributed by atoms with E-state index in [-0.39, 0.29) is 22.2 Å². The maximum atomic E-state index is 12.1. The molecule has 0 fully saturated rings. The van der Waals surface area contributed by atoms with E-state index in [1.54, 1.807) is 0 Å². The number of hydrogen-bond acceptors (Lipinski definition) is 4. The highest BCUT2D eigenvalue weighted by Gasteiger charge is 2.16. The molecule has 120 valence electrons. The average Bonchev–Trinajstić information content (AvgIpc) is 2.53. The van der Waals surface area contributed by atoms with E-state index in [0.29, 0.717) is 6.54 Å². The second-order valence-corrected chi connectivity index (χ2v) is 5.57. The normalized spacial score (nSPS) is 10.2. The quantitative estimate of drug-likeness (QED) is 0.673. The van der Waals surface area contributed by atoms with Crippen LogP contribution in [-0.4, -0.2) is 24.9 Å². The van der Waals surface area contributed by atoms with Crippen molar-refractivity contribution in [1.29, 1.82) is 0 Å². The number of nitrogens with zero attached hydrogens (tertiary/aromatic N) is 2. The number of carbonyl (C=O) groups excluding carboxylic acids is 1. The van der Waals surface area contributed by atoms with Gasteiger partial charge in [0.1, 0.15) is 5.02 Å². The summed E-state index contributed by atoms with van der Waals surface area (Å²) in [5.74, 6) is -0.388. The summed E-state index contributed by atoms with van der Waals surface area (Å²) < 4.78 is 0. The number of nitro groups is 1. The van der Waals surface area contributed by atoms with E-state index in [9.17, 15) is 14.9 Å². The van der Waals surface area contributed by atoms with Gasteiger partial charge < -0.3 is 10.2 Å². The van der Waals surface area contributed by atoms with Gasteiger partial charge in [0.05, 0.1) is 4.92 Å². The van der Waals surface area contributed by atoms with Crippen LogP contribution in [-0.2, 0) is 6.54 Å². The van der Waals surface area contributed by atoms with Gasteiger partial charge in [-0.3, -0.25) is 14.9 Å². The predicted molar refractivity (Wildman–Crippen MR) is 90.0 cm³/mol. The molecule has 2 aromatic carbocycles. The first-order chi connectivity index (χ1) is 10.9. The zero-order chi connectivity index (χ0) is 17.0. The Labute approximate surface area is 138 Å². The lowest BCUT2D eigenvalue weighted by atomic mass is 10.1. The molecule has 0 bridgehead atoms. The average molecular weight is 334 g/mol. The predicted octanol–water partition coefficient (Wildman–Crippen LogP) is 3.24. The molecule has 0 heterocycles.